The molecule has 0 spiro atoms. The topological polar surface area (TPSA) is 98.4 Å². The maximum absolute atomic E-state index is 5.86. The average Bonchev–Trinajstić information content (AvgIpc) is 2.36. The van der Waals surface area contributed by atoms with E-state index in [2.05, 4.69) is 20.4 Å². The SMILES string of the molecule is CC1CC(Oc2nc(NN)nc(N(C)C)n2)CC(C)O1. The Morgan fingerprint density at radius 2 is 1.85 bits per heavy atom. The molecule has 2 atom stereocenters. The second kappa shape index (κ2) is 6.19. The van der Waals surface area contributed by atoms with Gasteiger partial charge in [0, 0.05) is 26.9 Å². The molecule has 1 aliphatic rings. The molecule has 2 heterocycles. The highest BCUT2D eigenvalue weighted by Crippen LogP contribution is 2.23. The Morgan fingerprint density at radius 3 is 2.40 bits per heavy atom. The van der Waals surface area contributed by atoms with E-state index in [9.17, 15) is 0 Å². The lowest BCUT2D eigenvalue weighted by molar-refractivity contribution is -0.0738. The Hall–Kier alpha value is -1.67. The zero-order valence-corrected chi connectivity index (χ0v) is 12.3. The van der Waals surface area contributed by atoms with E-state index in [-0.39, 0.29) is 30.3 Å². The number of rotatable bonds is 4. The van der Waals surface area contributed by atoms with Gasteiger partial charge in [-0.3, -0.25) is 5.43 Å². The fourth-order valence-corrected chi connectivity index (χ4v) is 2.25. The predicted molar refractivity (Wildman–Crippen MR) is 75.6 cm³/mol. The Bertz CT molecular complexity index is 446. The molecule has 0 bridgehead atoms. The molecule has 0 amide bonds. The lowest BCUT2D eigenvalue weighted by Gasteiger charge is -2.31. The van der Waals surface area contributed by atoms with Crippen molar-refractivity contribution in [2.75, 3.05) is 24.4 Å². The third kappa shape index (κ3) is 3.67. The van der Waals surface area contributed by atoms with Gasteiger partial charge < -0.3 is 14.4 Å². The molecule has 2 unspecified atom stereocenters. The van der Waals surface area contributed by atoms with E-state index in [1.807, 2.05) is 27.9 Å². The Morgan fingerprint density at radius 1 is 1.20 bits per heavy atom. The number of hydrogen-bond acceptors (Lipinski definition) is 8. The molecule has 0 radical (unpaired) electrons. The number of ether oxygens (including phenoxy) is 2. The summed E-state index contributed by atoms with van der Waals surface area (Å²) in [5.41, 5.74) is 2.42. The number of anilines is 2. The normalized spacial score (nSPS) is 26.1. The van der Waals surface area contributed by atoms with Gasteiger partial charge in [0.25, 0.3) is 0 Å². The molecule has 112 valence electrons. The first-order chi connectivity index (χ1) is 9.47. The van der Waals surface area contributed by atoms with E-state index >= 15 is 0 Å². The number of nitrogens with one attached hydrogen (secondary N) is 1. The monoisotopic (exact) mass is 282 g/mol. The highest BCUT2D eigenvalue weighted by atomic mass is 16.5. The molecule has 0 aliphatic carbocycles. The molecule has 1 saturated heterocycles. The first-order valence-electron chi connectivity index (χ1n) is 6.70. The smallest absolute Gasteiger partial charge is 0.323 e. The fraction of sp³-hybridized carbons (Fsp3) is 0.750. The molecule has 8 heteroatoms. The highest BCUT2D eigenvalue weighted by molar-refractivity contribution is 5.36. The number of nitrogens with zero attached hydrogens (tertiary/aromatic N) is 4. The number of nitrogen functional groups attached to an aromatic ring is 1. The average molecular weight is 282 g/mol. The molecule has 8 nitrogen and oxygen atoms in total. The fourth-order valence-electron chi connectivity index (χ4n) is 2.25. The molecule has 1 fully saturated rings. The van der Waals surface area contributed by atoms with Gasteiger partial charge in [-0.2, -0.15) is 15.0 Å². The summed E-state index contributed by atoms with van der Waals surface area (Å²) in [6.07, 6.45) is 2.02. The van der Waals surface area contributed by atoms with Gasteiger partial charge in [-0.15, -0.1) is 0 Å². The van der Waals surface area contributed by atoms with Crippen molar-refractivity contribution in [3.05, 3.63) is 0 Å². The van der Waals surface area contributed by atoms with E-state index in [0.29, 0.717) is 5.95 Å². The van der Waals surface area contributed by atoms with Crippen LogP contribution in [0.3, 0.4) is 0 Å². The minimum atomic E-state index is 0.0387. The van der Waals surface area contributed by atoms with Crippen molar-refractivity contribution in [3.8, 4) is 6.01 Å². The van der Waals surface area contributed by atoms with Crippen molar-refractivity contribution >= 4 is 11.9 Å². The molecule has 20 heavy (non-hydrogen) atoms. The van der Waals surface area contributed by atoms with Crippen LogP contribution in [0.25, 0.3) is 0 Å². The van der Waals surface area contributed by atoms with Crippen molar-refractivity contribution < 1.29 is 9.47 Å². The van der Waals surface area contributed by atoms with E-state index in [1.165, 1.54) is 0 Å². The third-order valence-corrected chi connectivity index (χ3v) is 3.06. The van der Waals surface area contributed by atoms with Crippen LogP contribution in [0.5, 0.6) is 6.01 Å². The molecule has 1 aromatic rings. The molecule has 1 aliphatic heterocycles. The van der Waals surface area contributed by atoms with E-state index in [0.717, 1.165) is 12.8 Å². The second-order valence-electron chi connectivity index (χ2n) is 5.25. The van der Waals surface area contributed by atoms with Crippen LogP contribution in [0.15, 0.2) is 0 Å². The summed E-state index contributed by atoms with van der Waals surface area (Å²) in [4.78, 5) is 14.3. The minimum Gasteiger partial charge on any atom is -0.460 e. The Balaban J connectivity index is 2.13. The van der Waals surface area contributed by atoms with E-state index in [1.54, 1.807) is 4.90 Å². The summed E-state index contributed by atoms with van der Waals surface area (Å²) in [6.45, 7) is 4.08. The number of hydrogen-bond donors (Lipinski definition) is 2. The number of hydrazine groups is 1. The summed E-state index contributed by atoms with van der Waals surface area (Å²) < 4.78 is 11.6. The van der Waals surface area contributed by atoms with Crippen LogP contribution in [-0.4, -0.2) is 47.4 Å². The van der Waals surface area contributed by atoms with Crippen LogP contribution in [0.2, 0.25) is 0 Å². The molecule has 1 aromatic heterocycles. The quantitative estimate of drug-likeness (QED) is 0.610. The maximum atomic E-state index is 5.86. The third-order valence-electron chi connectivity index (χ3n) is 3.06. The maximum Gasteiger partial charge on any atom is 0.323 e. The molecule has 3 N–H and O–H groups in total. The highest BCUT2D eigenvalue weighted by Gasteiger charge is 2.26. The van der Waals surface area contributed by atoms with Crippen molar-refractivity contribution in [1.82, 2.24) is 15.0 Å². The molecule has 0 aromatic carbocycles. The van der Waals surface area contributed by atoms with Crippen molar-refractivity contribution in [3.63, 3.8) is 0 Å². The summed E-state index contributed by atoms with van der Waals surface area (Å²) in [5, 5.41) is 0. The second-order valence-corrected chi connectivity index (χ2v) is 5.25. The van der Waals surface area contributed by atoms with Crippen LogP contribution in [-0.2, 0) is 4.74 Å². The molecule has 0 saturated carbocycles. The van der Waals surface area contributed by atoms with Gasteiger partial charge in [-0.05, 0) is 13.8 Å². The van der Waals surface area contributed by atoms with Gasteiger partial charge in [0.1, 0.15) is 6.10 Å². The van der Waals surface area contributed by atoms with E-state index in [4.69, 9.17) is 15.3 Å². The number of aromatic nitrogens is 3. The molecular formula is C12H22N6O2. The van der Waals surface area contributed by atoms with Crippen LogP contribution in [0.1, 0.15) is 26.7 Å². The zero-order chi connectivity index (χ0) is 14.7. The lowest BCUT2D eigenvalue weighted by Crippen LogP contribution is -2.36. The van der Waals surface area contributed by atoms with Crippen LogP contribution >= 0.6 is 0 Å². The Kier molecular flexibility index (Phi) is 4.56. The molecule has 2 rings (SSSR count). The first kappa shape index (κ1) is 14.7. The summed E-state index contributed by atoms with van der Waals surface area (Å²) in [6, 6.07) is 0.281. The van der Waals surface area contributed by atoms with Crippen molar-refractivity contribution in [2.24, 2.45) is 5.84 Å². The van der Waals surface area contributed by atoms with Crippen LogP contribution < -0.4 is 20.9 Å². The van der Waals surface area contributed by atoms with Gasteiger partial charge in [0.2, 0.25) is 11.9 Å². The van der Waals surface area contributed by atoms with Gasteiger partial charge in [-0.1, -0.05) is 0 Å². The minimum absolute atomic E-state index is 0.0387. The standard InChI is InChI=1S/C12H22N6O2/c1-7-5-9(6-8(2)19-7)20-12-15-10(17-13)14-11(16-12)18(3)4/h7-9H,5-6,13H2,1-4H3,(H,14,15,16,17). The summed E-state index contributed by atoms with van der Waals surface area (Å²) in [5.74, 6) is 6.15. The first-order valence-corrected chi connectivity index (χ1v) is 6.70. The molecular weight excluding hydrogens is 260 g/mol. The number of nitrogens with two attached hydrogens (primary N) is 1. The zero-order valence-electron chi connectivity index (χ0n) is 12.3. The van der Waals surface area contributed by atoms with E-state index < -0.39 is 0 Å². The van der Waals surface area contributed by atoms with Gasteiger partial charge in [-0.25, -0.2) is 5.84 Å². The summed E-state index contributed by atoms with van der Waals surface area (Å²) in [7, 11) is 3.69. The van der Waals surface area contributed by atoms with Crippen molar-refractivity contribution in [1.29, 1.82) is 0 Å². The van der Waals surface area contributed by atoms with Crippen LogP contribution in [0.4, 0.5) is 11.9 Å². The lowest BCUT2D eigenvalue weighted by atomic mass is 10.0. The Labute approximate surface area is 118 Å². The van der Waals surface area contributed by atoms with Gasteiger partial charge in [0.15, 0.2) is 0 Å². The predicted octanol–water partition coefficient (Wildman–Crippen LogP) is 0.558. The van der Waals surface area contributed by atoms with Crippen LogP contribution in [0, 0.1) is 0 Å². The largest absolute Gasteiger partial charge is 0.460 e. The van der Waals surface area contributed by atoms with Gasteiger partial charge >= 0.3 is 6.01 Å². The van der Waals surface area contributed by atoms with Crippen molar-refractivity contribution in [2.45, 2.75) is 45.0 Å². The van der Waals surface area contributed by atoms with Gasteiger partial charge in [0.05, 0.1) is 12.2 Å². The summed E-state index contributed by atoms with van der Waals surface area (Å²) >= 11 is 0.